The van der Waals surface area contributed by atoms with E-state index in [4.69, 9.17) is 4.74 Å². The fourth-order valence-electron chi connectivity index (χ4n) is 2.66. The minimum Gasteiger partial charge on any atom is -0.469 e. The molecule has 0 aliphatic heterocycles. The Morgan fingerprint density at radius 2 is 2.00 bits per heavy atom. The van der Waals surface area contributed by atoms with E-state index in [-0.39, 0.29) is 17.7 Å². The Hall–Kier alpha value is -0.860. The Balaban J connectivity index is 2.79. The standard InChI is InChI=1S/C14H24O3/c1-9(2)11-6-7-14(4,12(15)8-11)10(3)13(16)17-5/h9-11H,6-8H2,1-5H3/t10-,11+,14-/m0/s1. The molecule has 0 heterocycles. The third-order valence-electron chi connectivity index (χ3n) is 4.57. The van der Waals surface area contributed by atoms with Gasteiger partial charge in [0.25, 0.3) is 0 Å². The van der Waals surface area contributed by atoms with E-state index in [0.717, 1.165) is 12.8 Å². The number of hydrogen-bond donors (Lipinski definition) is 0. The maximum absolute atomic E-state index is 12.3. The first kappa shape index (κ1) is 14.2. The predicted octanol–water partition coefficient (Wildman–Crippen LogP) is 2.83. The lowest BCUT2D eigenvalue weighted by molar-refractivity contribution is -0.156. The molecule has 0 unspecified atom stereocenters. The molecule has 0 spiro atoms. The zero-order chi connectivity index (χ0) is 13.2. The summed E-state index contributed by atoms with van der Waals surface area (Å²) in [5, 5.41) is 0. The van der Waals surface area contributed by atoms with Gasteiger partial charge in [0.05, 0.1) is 13.0 Å². The first-order valence-electron chi connectivity index (χ1n) is 6.44. The highest BCUT2D eigenvalue weighted by Crippen LogP contribution is 2.43. The van der Waals surface area contributed by atoms with Gasteiger partial charge in [0.1, 0.15) is 5.78 Å². The Bertz CT molecular complexity index is 309. The van der Waals surface area contributed by atoms with Crippen LogP contribution < -0.4 is 0 Å². The molecule has 0 aromatic heterocycles. The van der Waals surface area contributed by atoms with E-state index in [0.29, 0.717) is 18.3 Å². The van der Waals surface area contributed by atoms with Gasteiger partial charge in [-0.25, -0.2) is 0 Å². The Morgan fingerprint density at radius 3 is 2.41 bits per heavy atom. The maximum atomic E-state index is 12.3. The molecule has 98 valence electrons. The fraction of sp³-hybridized carbons (Fsp3) is 0.857. The van der Waals surface area contributed by atoms with Crippen LogP contribution in [0.1, 0.15) is 47.0 Å². The van der Waals surface area contributed by atoms with Crippen LogP contribution in [0.4, 0.5) is 0 Å². The lowest BCUT2D eigenvalue weighted by Gasteiger charge is -2.40. The van der Waals surface area contributed by atoms with Crippen LogP contribution in [0.25, 0.3) is 0 Å². The van der Waals surface area contributed by atoms with Crippen molar-refractivity contribution in [2.24, 2.45) is 23.2 Å². The summed E-state index contributed by atoms with van der Waals surface area (Å²) < 4.78 is 4.76. The molecule has 0 N–H and O–H groups in total. The van der Waals surface area contributed by atoms with Crippen LogP contribution in [0.3, 0.4) is 0 Å². The van der Waals surface area contributed by atoms with E-state index in [1.165, 1.54) is 7.11 Å². The van der Waals surface area contributed by atoms with Crippen LogP contribution in [0.5, 0.6) is 0 Å². The summed E-state index contributed by atoms with van der Waals surface area (Å²) in [6.45, 7) is 8.03. The van der Waals surface area contributed by atoms with E-state index < -0.39 is 5.41 Å². The van der Waals surface area contributed by atoms with Crippen molar-refractivity contribution in [2.45, 2.75) is 47.0 Å². The number of hydrogen-bond acceptors (Lipinski definition) is 3. The molecule has 0 saturated heterocycles. The second-order valence-corrected chi connectivity index (χ2v) is 5.83. The molecule has 3 nitrogen and oxygen atoms in total. The van der Waals surface area contributed by atoms with Crippen LogP contribution in [-0.4, -0.2) is 18.9 Å². The van der Waals surface area contributed by atoms with Gasteiger partial charge >= 0.3 is 5.97 Å². The molecule has 3 heteroatoms. The number of esters is 1. The van der Waals surface area contributed by atoms with Crippen molar-refractivity contribution in [1.29, 1.82) is 0 Å². The molecule has 1 aliphatic carbocycles. The first-order valence-corrected chi connectivity index (χ1v) is 6.44. The van der Waals surface area contributed by atoms with Crippen molar-refractivity contribution in [1.82, 2.24) is 0 Å². The molecule has 0 bridgehead atoms. The number of rotatable bonds is 3. The number of ketones is 1. The average Bonchev–Trinajstić information content (AvgIpc) is 2.30. The van der Waals surface area contributed by atoms with E-state index in [9.17, 15) is 9.59 Å². The number of carbonyl (C=O) groups excluding carboxylic acids is 2. The van der Waals surface area contributed by atoms with Crippen LogP contribution in [0.15, 0.2) is 0 Å². The number of carbonyl (C=O) groups is 2. The van der Waals surface area contributed by atoms with Gasteiger partial charge < -0.3 is 4.74 Å². The third-order valence-corrected chi connectivity index (χ3v) is 4.57. The zero-order valence-electron chi connectivity index (χ0n) is 11.6. The predicted molar refractivity (Wildman–Crippen MR) is 66.5 cm³/mol. The second kappa shape index (κ2) is 5.19. The van der Waals surface area contributed by atoms with Crippen molar-refractivity contribution in [3.63, 3.8) is 0 Å². The normalized spacial score (nSPS) is 31.4. The van der Waals surface area contributed by atoms with Gasteiger partial charge in [-0.2, -0.15) is 0 Å². The van der Waals surface area contributed by atoms with Crippen molar-refractivity contribution in [3.8, 4) is 0 Å². The summed E-state index contributed by atoms with van der Waals surface area (Å²) in [4.78, 5) is 23.9. The van der Waals surface area contributed by atoms with Gasteiger partial charge in [0, 0.05) is 11.8 Å². The summed E-state index contributed by atoms with van der Waals surface area (Å²) in [6, 6.07) is 0. The van der Waals surface area contributed by atoms with Crippen LogP contribution >= 0.6 is 0 Å². The lowest BCUT2D eigenvalue weighted by atomic mass is 9.63. The van der Waals surface area contributed by atoms with Gasteiger partial charge in [-0.15, -0.1) is 0 Å². The zero-order valence-corrected chi connectivity index (χ0v) is 11.6. The Labute approximate surface area is 104 Å². The summed E-state index contributed by atoms with van der Waals surface area (Å²) >= 11 is 0. The van der Waals surface area contributed by atoms with Crippen molar-refractivity contribution < 1.29 is 14.3 Å². The topological polar surface area (TPSA) is 43.4 Å². The van der Waals surface area contributed by atoms with E-state index >= 15 is 0 Å². The largest absolute Gasteiger partial charge is 0.469 e. The van der Waals surface area contributed by atoms with E-state index in [1.807, 2.05) is 6.92 Å². The van der Waals surface area contributed by atoms with Gasteiger partial charge in [-0.05, 0) is 24.7 Å². The van der Waals surface area contributed by atoms with Crippen LogP contribution in [-0.2, 0) is 14.3 Å². The third kappa shape index (κ3) is 2.70. The first-order chi connectivity index (χ1) is 7.82. The molecule has 0 amide bonds. The van der Waals surface area contributed by atoms with Crippen LogP contribution in [0.2, 0.25) is 0 Å². The van der Waals surface area contributed by atoms with Crippen molar-refractivity contribution in [2.75, 3.05) is 7.11 Å². The number of methoxy groups -OCH3 is 1. The molecule has 0 radical (unpaired) electrons. The molecule has 0 aromatic rings. The molecule has 17 heavy (non-hydrogen) atoms. The van der Waals surface area contributed by atoms with Gasteiger partial charge in [-0.1, -0.05) is 27.7 Å². The minimum absolute atomic E-state index is 0.223. The van der Waals surface area contributed by atoms with Gasteiger partial charge in [-0.3, -0.25) is 9.59 Å². The highest BCUT2D eigenvalue weighted by molar-refractivity contribution is 5.90. The molecule has 1 saturated carbocycles. The summed E-state index contributed by atoms with van der Waals surface area (Å²) in [5.41, 5.74) is -0.529. The number of ether oxygens (including phenoxy) is 1. The smallest absolute Gasteiger partial charge is 0.309 e. The minimum atomic E-state index is -0.529. The quantitative estimate of drug-likeness (QED) is 0.712. The van der Waals surface area contributed by atoms with E-state index in [1.54, 1.807) is 6.92 Å². The maximum Gasteiger partial charge on any atom is 0.309 e. The van der Waals surface area contributed by atoms with E-state index in [2.05, 4.69) is 13.8 Å². The lowest BCUT2D eigenvalue weighted by Crippen LogP contribution is -2.43. The second-order valence-electron chi connectivity index (χ2n) is 5.83. The fourth-order valence-corrected chi connectivity index (χ4v) is 2.66. The molecule has 0 aromatic carbocycles. The average molecular weight is 240 g/mol. The summed E-state index contributed by atoms with van der Waals surface area (Å²) in [5.74, 6) is 0.620. The Morgan fingerprint density at radius 1 is 1.41 bits per heavy atom. The van der Waals surface area contributed by atoms with Crippen molar-refractivity contribution in [3.05, 3.63) is 0 Å². The SMILES string of the molecule is COC(=O)[C@H](C)[C@]1(C)CC[C@@H](C(C)C)CC1=O. The Kier molecular flexibility index (Phi) is 4.34. The summed E-state index contributed by atoms with van der Waals surface area (Å²) in [6.07, 6.45) is 2.43. The highest BCUT2D eigenvalue weighted by Gasteiger charge is 2.46. The molecule has 1 fully saturated rings. The van der Waals surface area contributed by atoms with Crippen molar-refractivity contribution >= 4 is 11.8 Å². The van der Waals surface area contributed by atoms with Gasteiger partial charge in [0.15, 0.2) is 0 Å². The summed E-state index contributed by atoms with van der Waals surface area (Å²) in [7, 11) is 1.38. The van der Waals surface area contributed by atoms with Crippen LogP contribution in [0, 0.1) is 23.2 Å². The molecule has 1 rings (SSSR count). The highest BCUT2D eigenvalue weighted by atomic mass is 16.5. The molecule has 3 atom stereocenters. The van der Waals surface area contributed by atoms with Gasteiger partial charge in [0.2, 0.25) is 0 Å². The molecular weight excluding hydrogens is 216 g/mol. The number of Topliss-reactive ketones (excluding diaryl/α,β-unsaturated/α-hetero) is 1. The monoisotopic (exact) mass is 240 g/mol. The molecule has 1 aliphatic rings. The molecular formula is C14H24O3.